The number of hydrogen-bond acceptors (Lipinski definition) is 3. The smallest absolute Gasteiger partial charge is 0.133 e. The van der Waals surface area contributed by atoms with Crippen LogP contribution in [0, 0.1) is 0 Å². The summed E-state index contributed by atoms with van der Waals surface area (Å²) < 4.78 is 0. The van der Waals surface area contributed by atoms with Gasteiger partial charge in [0.05, 0.1) is 0 Å². The van der Waals surface area contributed by atoms with E-state index in [0.717, 1.165) is 38.8 Å². The lowest BCUT2D eigenvalue weighted by molar-refractivity contribution is -0.121. The van der Waals surface area contributed by atoms with Gasteiger partial charge in [-0.25, -0.2) is 0 Å². The van der Waals surface area contributed by atoms with Crippen LogP contribution in [0.1, 0.15) is 39.5 Å². The van der Waals surface area contributed by atoms with E-state index in [2.05, 4.69) is 30.7 Å². The number of carbonyl (C=O) groups is 1. The summed E-state index contributed by atoms with van der Waals surface area (Å²) in [6.45, 7) is 8.08. The van der Waals surface area contributed by atoms with Crippen molar-refractivity contribution in [2.75, 3.05) is 26.7 Å². The van der Waals surface area contributed by atoms with Gasteiger partial charge in [-0.2, -0.15) is 0 Å². The Kier molecular flexibility index (Phi) is 3.36. The molecule has 0 N–H and O–H groups in total. The Hall–Kier alpha value is -0.410. The van der Waals surface area contributed by atoms with E-state index >= 15 is 0 Å². The fourth-order valence-electron chi connectivity index (χ4n) is 2.88. The van der Waals surface area contributed by atoms with Crippen LogP contribution in [0.25, 0.3) is 0 Å². The van der Waals surface area contributed by atoms with Crippen molar-refractivity contribution >= 4 is 5.78 Å². The molecule has 3 nitrogen and oxygen atoms in total. The predicted molar refractivity (Wildman–Crippen MR) is 65.5 cm³/mol. The Balaban J connectivity index is 1.93. The van der Waals surface area contributed by atoms with Crippen molar-refractivity contribution in [1.29, 1.82) is 0 Å². The van der Waals surface area contributed by atoms with E-state index in [1.54, 1.807) is 0 Å². The molecule has 0 unspecified atom stereocenters. The third-order valence-electron chi connectivity index (χ3n) is 4.38. The molecule has 1 aliphatic heterocycles. The number of rotatable bonds is 1. The molecule has 1 saturated heterocycles. The molecule has 0 amide bonds. The van der Waals surface area contributed by atoms with Crippen LogP contribution in [0.5, 0.6) is 0 Å². The van der Waals surface area contributed by atoms with Gasteiger partial charge in [0.25, 0.3) is 0 Å². The molecule has 2 fully saturated rings. The van der Waals surface area contributed by atoms with Crippen LogP contribution in [0.15, 0.2) is 0 Å². The second-order valence-electron chi connectivity index (χ2n) is 5.97. The van der Waals surface area contributed by atoms with Gasteiger partial charge in [-0.15, -0.1) is 0 Å². The molecule has 0 aromatic carbocycles. The Morgan fingerprint density at radius 2 is 1.81 bits per heavy atom. The molecule has 2 rings (SSSR count). The lowest BCUT2D eigenvalue weighted by Crippen LogP contribution is -2.60. The molecule has 0 spiro atoms. The second kappa shape index (κ2) is 4.46. The molecule has 0 aromatic heterocycles. The molecule has 92 valence electrons. The minimum absolute atomic E-state index is 0.277. The van der Waals surface area contributed by atoms with Gasteiger partial charge in [-0.3, -0.25) is 14.6 Å². The van der Waals surface area contributed by atoms with E-state index in [-0.39, 0.29) is 5.54 Å². The molecule has 1 heterocycles. The number of carbonyl (C=O) groups excluding carboxylic acids is 1. The van der Waals surface area contributed by atoms with Crippen LogP contribution < -0.4 is 0 Å². The third kappa shape index (κ3) is 2.46. The SMILES string of the molecule is CN1CCN(C2CCC(=O)CC2)CC1(C)C. The van der Waals surface area contributed by atoms with Crippen LogP contribution >= 0.6 is 0 Å². The second-order valence-corrected chi connectivity index (χ2v) is 5.97. The monoisotopic (exact) mass is 224 g/mol. The van der Waals surface area contributed by atoms with Crippen LogP contribution in [-0.2, 0) is 4.79 Å². The Bertz CT molecular complexity index is 265. The van der Waals surface area contributed by atoms with Crippen molar-refractivity contribution in [3.63, 3.8) is 0 Å². The maximum atomic E-state index is 11.2. The van der Waals surface area contributed by atoms with E-state index in [9.17, 15) is 4.79 Å². The maximum Gasteiger partial charge on any atom is 0.133 e. The van der Waals surface area contributed by atoms with Gasteiger partial charge >= 0.3 is 0 Å². The molecule has 1 saturated carbocycles. The van der Waals surface area contributed by atoms with Crippen molar-refractivity contribution in [2.45, 2.75) is 51.1 Å². The normalized spacial score (nSPS) is 29.6. The number of ketones is 1. The average Bonchev–Trinajstić information content (AvgIpc) is 2.23. The van der Waals surface area contributed by atoms with Crippen LogP contribution in [0.4, 0.5) is 0 Å². The summed E-state index contributed by atoms with van der Waals surface area (Å²) >= 11 is 0. The van der Waals surface area contributed by atoms with E-state index < -0.39 is 0 Å². The largest absolute Gasteiger partial charge is 0.300 e. The highest BCUT2D eigenvalue weighted by Crippen LogP contribution is 2.26. The van der Waals surface area contributed by atoms with Gasteiger partial charge in [0.15, 0.2) is 0 Å². The van der Waals surface area contributed by atoms with Gasteiger partial charge in [-0.1, -0.05) is 0 Å². The van der Waals surface area contributed by atoms with Crippen LogP contribution in [-0.4, -0.2) is 53.8 Å². The molecule has 3 heteroatoms. The van der Waals surface area contributed by atoms with Crippen LogP contribution in [0.2, 0.25) is 0 Å². The maximum absolute atomic E-state index is 11.2. The van der Waals surface area contributed by atoms with Crippen molar-refractivity contribution in [3.05, 3.63) is 0 Å². The molecule has 0 atom stereocenters. The van der Waals surface area contributed by atoms with Crippen molar-refractivity contribution in [3.8, 4) is 0 Å². The zero-order chi connectivity index (χ0) is 11.8. The quantitative estimate of drug-likeness (QED) is 0.675. The van der Waals surface area contributed by atoms with Gasteiger partial charge < -0.3 is 0 Å². The summed E-state index contributed by atoms with van der Waals surface area (Å²) in [5.41, 5.74) is 0.277. The first-order chi connectivity index (χ1) is 7.49. The topological polar surface area (TPSA) is 23.6 Å². The summed E-state index contributed by atoms with van der Waals surface area (Å²) in [6, 6.07) is 0.658. The number of Topliss-reactive ketones (excluding diaryl/α,β-unsaturated/α-hetero) is 1. The van der Waals surface area contributed by atoms with E-state index in [4.69, 9.17) is 0 Å². The number of likely N-dealkylation sites (N-methyl/N-ethyl adjacent to an activating group) is 1. The highest BCUT2D eigenvalue weighted by atomic mass is 16.1. The summed E-state index contributed by atoms with van der Waals surface area (Å²) in [6.07, 6.45) is 3.77. The summed E-state index contributed by atoms with van der Waals surface area (Å²) in [5.74, 6) is 0.463. The summed E-state index contributed by atoms with van der Waals surface area (Å²) in [5, 5.41) is 0. The molecule has 1 aliphatic carbocycles. The number of hydrogen-bond donors (Lipinski definition) is 0. The third-order valence-corrected chi connectivity index (χ3v) is 4.38. The van der Waals surface area contributed by atoms with Crippen molar-refractivity contribution in [2.24, 2.45) is 0 Å². The molecule has 2 aliphatic rings. The first kappa shape index (κ1) is 12.1. The van der Waals surface area contributed by atoms with Gasteiger partial charge in [0.1, 0.15) is 5.78 Å². The minimum Gasteiger partial charge on any atom is -0.300 e. The van der Waals surface area contributed by atoms with E-state index in [1.165, 1.54) is 6.54 Å². The number of nitrogens with zero attached hydrogens (tertiary/aromatic N) is 2. The minimum atomic E-state index is 0.277. The molecule has 0 bridgehead atoms. The van der Waals surface area contributed by atoms with Crippen molar-refractivity contribution < 1.29 is 4.79 Å². The van der Waals surface area contributed by atoms with Gasteiger partial charge in [-0.05, 0) is 33.7 Å². The van der Waals surface area contributed by atoms with Gasteiger partial charge in [0, 0.05) is 44.1 Å². The molecule has 0 radical (unpaired) electrons. The summed E-state index contributed by atoms with van der Waals surface area (Å²) in [7, 11) is 2.21. The van der Waals surface area contributed by atoms with Gasteiger partial charge in [0.2, 0.25) is 0 Å². The Morgan fingerprint density at radius 3 is 2.38 bits per heavy atom. The molecule has 0 aromatic rings. The first-order valence-electron chi connectivity index (χ1n) is 6.46. The van der Waals surface area contributed by atoms with E-state index in [1.807, 2.05) is 0 Å². The summed E-state index contributed by atoms with van der Waals surface area (Å²) in [4.78, 5) is 16.3. The predicted octanol–water partition coefficient (Wildman–Crippen LogP) is 1.52. The lowest BCUT2D eigenvalue weighted by Gasteiger charge is -2.48. The fraction of sp³-hybridized carbons (Fsp3) is 0.923. The Labute approximate surface area is 98.8 Å². The lowest BCUT2D eigenvalue weighted by atomic mass is 9.90. The average molecular weight is 224 g/mol. The fourth-order valence-corrected chi connectivity index (χ4v) is 2.88. The van der Waals surface area contributed by atoms with Crippen molar-refractivity contribution in [1.82, 2.24) is 9.80 Å². The molecule has 16 heavy (non-hydrogen) atoms. The Morgan fingerprint density at radius 1 is 1.19 bits per heavy atom. The van der Waals surface area contributed by atoms with E-state index in [0.29, 0.717) is 11.8 Å². The number of piperazine rings is 1. The zero-order valence-corrected chi connectivity index (χ0v) is 10.8. The molecular weight excluding hydrogens is 200 g/mol. The highest BCUT2D eigenvalue weighted by molar-refractivity contribution is 5.79. The van der Waals surface area contributed by atoms with Crippen LogP contribution in [0.3, 0.4) is 0 Å². The zero-order valence-electron chi connectivity index (χ0n) is 10.8. The molecular formula is C13H24N2O. The highest BCUT2D eigenvalue weighted by Gasteiger charge is 2.35. The first-order valence-corrected chi connectivity index (χ1v) is 6.46. The standard InChI is InChI=1S/C13H24N2O/c1-13(2)10-15(9-8-14(13)3)11-4-6-12(16)7-5-11/h11H,4-10H2,1-3H3.